The number of piperazine rings is 1. The van der Waals surface area contributed by atoms with Crippen LogP contribution < -0.4 is 9.80 Å². The zero-order valence-corrected chi connectivity index (χ0v) is 18.1. The molecule has 1 aromatic heterocycles. The molecule has 2 fully saturated rings. The second-order valence-electron chi connectivity index (χ2n) is 8.42. The first-order valence-corrected chi connectivity index (χ1v) is 11.8. The van der Waals surface area contributed by atoms with Gasteiger partial charge in [0.15, 0.2) is 6.54 Å². The van der Waals surface area contributed by atoms with Crippen molar-refractivity contribution < 1.29 is 9.69 Å². The number of rotatable bonds is 4. The molecule has 0 aliphatic carbocycles. The van der Waals surface area contributed by atoms with Crippen molar-refractivity contribution in [2.24, 2.45) is 0 Å². The molecule has 1 amide bonds. The summed E-state index contributed by atoms with van der Waals surface area (Å²) in [5.41, 5.74) is 2.40. The Labute approximate surface area is 181 Å². The molecule has 1 N–H and O–H groups in total. The van der Waals surface area contributed by atoms with Gasteiger partial charge in [0.05, 0.1) is 41.4 Å². The minimum atomic E-state index is 0.320. The normalized spacial score (nSPS) is 18.8. The highest BCUT2D eigenvalue weighted by atomic mass is 32.1. The SMILES string of the molecule is O=C(C[NH+]1CCN(c2ccccc2)CC1)N1CCC(c2nc3ccccc3s2)CC1. The first-order valence-electron chi connectivity index (χ1n) is 11.0. The van der Waals surface area contributed by atoms with Gasteiger partial charge in [-0.3, -0.25) is 4.79 Å². The summed E-state index contributed by atoms with van der Waals surface area (Å²) in [6.45, 7) is 6.46. The Kier molecular flexibility index (Phi) is 5.69. The summed E-state index contributed by atoms with van der Waals surface area (Å²) in [7, 11) is 0. The lowest BCUT2D eigenvalue weighted by Crippen LogP contribution is -3.16. The third-order valence-electron chi connectivity index (χ3n) is 6.50. The van der Waals surface area contributed by atoms with Crippen molar-refractivity contribution in [2.45, 2.75) is 18.8 Å². The van der Waals surface area contributed by atoms with Crippen molar-refractivity contribution in [2.75, 3.05) is 50.7 Å². The maximum atomic E-state index is 12.9. The van der Waals surface area contributed by atoms with E-state index in [0.717, 1.165) is 57.6 Å². The number of nitrogens with one attached hydrogen (secondary N) is 1. The van der Waals surface area contributed by atoms with E-state index in [1.807, 2.05) is 11.3 Å². The standard InChI is InChI=1S/C24H28N4OS/c29-23(18-26-14-16-27(17-15-26)20-6-2-1-3-7-20)28-12-10-19(11-13-28)24-25-21-8-4-5-9-22(21)30-24/h1-9,19H,10-18H2/p+1. The van der Waals surface area contributed by atoms with Gasteiger partial charge in [-0.15, -0.1) is 11.3 Å². The molecule has 5 nitrogen and oxygen atoms in total. The van der Waals surface area contributed by atoms with Gasteiger partial charge in [-0.25, -0.2) is 4.98 Å². The number of amides is 1. The topological polar surface area (TPSA) is 40.9 Å². The van der Waals surface area contributed by atoms with E-state index in [-0.39, 0.29) is 0 Å². The van der Waals surface area contributed by atoms with Crippen LogP contribution in [0, 0.1) is 0 Å². The Morgan fingerprint density at radius 3 is 2.40 bits per heavy atom. The summed E-state index contributed by atoms with van der Waals surface area (Å²) in [4.78, 5) is 23.6. The number of piperidine rings is 1. The van der Waals surface area contributed by atoms with Crippen LogP contribution in [0.4, 0.5) is 5.69 Å². The molecule has 2 aromatic carbocycles. The van der Waals surface area contributed by atoms with Crippen LogP contribution in [0.2, 0.25) is 0 Å². The Bertz CT molecular complexity index is 956. The third kappa shape index (κ3) is 4.20. The van der Waals surface area contributed by atoms with Crippen LogP contribution in [-0.4, -0.2) is 61.6 Å². The smallest absolute Gasteiger partial charge is 0.277 e. The van der Waals surface area contributed by atoms with Gasteiger partial charge in [-0.1, -0.05) is 30.3 Å². The van der Waals surface area contributed by atoms with Crippen LogP contribution in [-0.2, 0) is 4.79 Å². The molecule has 3 heterocycles. The average molecular weight is 422 g/mol. The van der Waals surface area contributed by atoms with E-state index in [1.165, 1.54) is 20.3 Å². The zero-order valence-electron chi connectivity index (χ0n) is 17.3. The fourth-order valence-electron chi connectivity index (χ4n) is 4.66. The summed E-state index contributed by atoms with van der Waals surface area (Å²) in [5.74, 6) is 0.814. The van der Waals surface area contributed by atoms with Crippen molar-refractivity contribution in [3.8, 4) is 0 Å². The quantitative estimate of drug-likeness (QED) is 0.703. The minimum absolute atomic E-state index is 0.320. The molecule has 5 rings (SSSR count). The second kappa shape index (κ2) is 8.74. The number of benzene rings is 2. The highest BCUT2D eigenvalue weighted by molar-refractivity contribution is 7.18. The number of hydrogen-bond donors (Lipinski definition) is 1. The number of hydrogen-bond acceptors (Lipinski definition) is 4. The van der Waals surface area contributed by atoms with Gasteiger partial charge in [0, 0.05) is 24.7 Å². The summed E-state index contributed by atoms with van der Waals surface area (Å²) < 4.78 is 1.27. The Morgan fingerprint density at radius 2 is 1.67 bits per heavy atom. The summed E-state index contributed by atoms with van der Waals surface area (Å²) in [6.07, 6.45) is 2.06. The van der Waals surface area contributed by atoms with E-state index in [0.29, 0.717) is 18.4 Å². The molecule has 0 spiro atoms. The number of likely N-dealkylation sites (tertiary alicyclic amines) is 1. The third-order valence-corrected chi connectivity index (χ3v) is 7.70. The second-order valence-corrected chi connectivity index (χ2v) is 9.49. The Morgan fingerprint density at radius 1 is 0.967 bits per heavy atom. The number of para-hydroxylation sites is 2. The van der Waals surface area contributed by atoms with Crippen LogP contribution in [0.25, 0.3) is 10.2 Å². The fraction of sp³-hybridized carbons (Fsp3) is 0.417. The lowest BCUT2D eigenvalue weighted by molar-refractivity contribution is -0.892. The summed E-state index contributed by atoms with van der Waals surface area (Å²) in [6, 6.07) is 19.0. The largest absolute Gasteiger partial charge is 0.360 e. The van der Waals surface area contributed by atoms with E-state index in [9.17, 15) is 4.79 Å². The van der Waals surface area contributed by atoms with Gasteiger partial charge in [-0.2, -0.15) is 0 Å². The number of aromatic nitrogens is 1. The van der Waals surface area contributed by atoms with Crippen LogP contribution in [0.15, 0.2) is 54.6 Å². The van der Waals surface area contributed by atoms with E-state index in [1.54, 1.807) is 0 Å². The molecule has 0 unspecified atom stereocenters. The molecule has 6 heteroatoms. The molecule has 2 saturated heterocycles. The highest BCUT2D eigenvalue weighted by Gasteiger charge is 2.29. The lowest BCUT2D eigenvalue weighted by atomic mass is 9.97. The Hall–Kier alpha value is -2.44. The van der Waals surface area contributed by atoms with Gasteiger partial charge in [-0.05, 0) is 37.1 Å². The molecule has 0 atom stereocenters. The molecule has 0 saturated carbocycles. The predicted molar refractivity (Wildman–Crippen MR) is 122 cm³/mol. The maximum Gasteiger partial charge on any atom is 0.277 e. The average Bonchev–Trinajstić information content (AvgIpc) is 3.25. The molecular weight excluding hydrogens is 392 g/mol. The van der Waals surface area contributed by atoms with E-state index < -0.39 is 0 Å². The van der Waals surface area contributed by atoms with E-state index in [2.05, 4.69) is 64.4 Å². The molecule has 2 aliphatic heterocycles. The lowest BCUT2D eigenvalue weighted by Gasteiger charge is -2.35. The van der Waals surface area contributed by atoms with Crippen molar-refractivity contribution in [1.82, 2.24) is 9.88 Å². The van der Waals surface area contributed by atoms with Crippen LogP contribution in [0.5, 0.6) is 0 Å². The molecule has 3 aromatic rings. The van der Waals surface area contributed by atoms with Crippen LogP contribution >= 0.6 is 11.3 Å². The molecule has 30 heavy (non-hydrogen) atoms. The van der Waals surface area contributed by atoms with Gasteiger partial charge in [0.2, 0.25) is 0 Å². The van der Waals surface area contributed by atoms with Crippen molar-refractivity contribution in [3.63, 3.8) is 0 Å². The van der Waals surface area contributed by atoms with Crippen LogP contribution in [0.3, 0.4) is 0 Å². The molecule has 0 radical (unpaired) electrons. The predicted octanol–water partition coefficient (Wildman–Crippen LogP) is 2.41. The monoisotopic (exact) mass is 421 g/mol. The van der Waals surface area contributed by atoms with Gasteiger partial charge < -0.3 is 14.7 Å². The number of thiazole rings is 1. The first-order chi connectivity index (χ1) is 14.8. The minimum Gasteiger partial charge on any atom is -0.360 e. The molecule has 156 valence electrons. The molecular formula is C24H29N4OS+. The zero-order chi connectivity index (χ0) is 20.3. The van der Waals surface area contributed by atoms with Crippen molar-refractivity contribution in [3.05, 3.63) is 59.6 Å². The van der Waals surface area contributed by atoms with Gasteiger partial charge in [0.1, 0.15) is 0 Å². The van der Waals surface area contributed by atoms with Gasteiger partial charge in [0.25, 0.3) is 5.91 Å². The molecule has 2 aliphatic rings. The number of carbonyl (C=O) groups is 1. The summed E-state index contributed by atoms with van der Waals surface area (Å²) >= 11 is 1.82. The first kappa shape index (κ1) is 19.5. The van der Waals surface area contributed by atoms with Crippen LogP contribution in [0.1, 0.15) is 23.8 Å². The number of quaternary nitrogens is 1. The number of carbonyl (C=O) groups excluding carboxylic acids is 1. The van der Waals surface area contributed by atoms with Gasteiger partial charge >= 0.3 is 0 Å². The van der Waals surface area contributed by atoms with E-state index in [4.69, 9.17) is 4.98 Å². The van der Waals surface area contributed by atoms with Crippen molar-refractivity contribution in [1.29, 1.82) is 0 Å². The van der Waals surface area contributed by atoms with Crippen molar-refractivity contribution >= 4 is 33.1 Å². The fourth-order valence-corrected chi connectivity index (χ4v) is 5.80. The summed E-state index contributed by atoms with van der Waals surface area (Å²) in [5, 5.41) is 1.24. The number of anilines is 1. The molecule has 0 bridgehead atoms. The number of fused-ring (bicyclic) bond motifs is 1. The highest BCUT2D eigenvalue weighted by Crippen LogP contribution is 2.33. The maximum absolute atomic E-state index is 12.9. The number of nitrogens with zero attached hydrogens (tertiary/aromatic N) is 3. The van der Waals surface area contributed by atoms with E-state index >= 15 is 0 Å². The Balaban J connectivity index is 1.10.